The molecule has 0 aromatic carbocycles. The van der Waals surface area contributed by atoms with E-state index in [9.17, 15) is 28.7 Å². The lowest BCUT2D eigenvalue weighted by Gasteiger charge is -2.27. The predicted octanol–water partition coefficient (Wildman–Crippen LogP) is 0.896. The van der Waals surface area contributed by atoms with Gasteiger partial charge in [-0.2, -0.15) is 4.98 Å². The van der Waals surface area contributed by atoms with Crippen molar-refractivity contribution in [2.45, 2.75) is 69.1 Å². The fraction of sp³-hybridized carbons (Fsp3) is 0.560. The SMILES string of the molecule is CC(C)OC(=O)OCSP1(=O)OCC2OC(n3cnc4c(N)ncnc43)C(F)C2OP(=O)(O)OCC2OC(n3cnc4c(=O)[nH]c(N)nc43)C(O1)C2O. The van der Waals surface area contributed by atoms with Gasteiger partial charge in [-0.3, -0.25) is 37.0 Å². The number of alkyl halides is 1. The Morgan fingerprint density at radius 3 is 2.49 bits per heavy atom. The van der Waals surface area contributed by atoms with Crippen LogP contribution in [0.5, 0.6) is 0 Å². The monoisotopic (exact) mass is 808 g/mol. The summed E-state index contributed by atoms with van der Waals surface area (Å²) in [5, 5.41) is 11.4. The molecule has 3 saturated heterocycles. The van der Waals surface area contributed by atoms with Crippen LogP contribution in [0.25, 0.3) is 22.3 Å². The molecule has 7 rings (SSSR count). The van der Waals surface area contributed by atoms with Crippen LogP contribution < -0.4 is 17.0 Å². The van der Waals surface area contributed by atoms with E-state index in [2.05, 4.69) is 29.9 Å². The maximum Gasteiger partial charge on any atom is 0.509 e. The predicted molar refractivity (Wildman–Crippen MR) is 175 cm³/mol. The second-order valence-electron chi connectivity index (χ2n) is 11.9. The minimum Gasteiger partial charge on any atom is -0.432 e. The van der Waals surface area contributed by atoms with Crippen molar-refractivity contribution in [2.24, 2.45) is 0 Å². The van der Waals surface area contributed by atoms with Crippen molar-refractivity contribution in [2.75, 3.05) is 30.6 Å². The lowest BCUT2D eigenvalue weighted by molar-refractivity contribution is -0.0619. The molecule has 53 heavy (non-hydrogen) atoms. The molecule has 2 bridgehead atoms. The van der Waals surface area contributed by atoms with Crippen molar-refractivity contribution in [1.82, 2.24) is 39.0 Å². The first-order valence-corrected chi connectivity index (χ1v) is 20.1. The van der Waals surface area contributed by atoms with Crippen LogP contribution >= 0.6 is 26.0 Å². The average Bonchev–Trinajstić information content (AvgIpc) is 3.84. The Bertz CT molecular complexity index is 2180. The lowest BCUT2D eigenvalue weighted by Crippen LogP contribution is -2.35. The Balaban J connectivity index is 1.23. The highest BCUT2D eigenvalue weighted by molar-refractivity contribution is 8.55. The molecule has 3 aliphatic heterocycles. The number of nitrogens with one attached hydrogen (secondary N) is 1. The first-order valence-electron chi connectivity index (χ1n) is 15.5. The van der Waals surface area contributed by atoms with Gasteiger partial charge in [0.15, 0.2) is 47.2 Å². The summed E-state index contributed by atoms with van der Waals surface area (Å²) >= 11 is 0.330. The molecule has 0 spiro atoms. The number of carbonyl (C=O) groups is 1. The molecule has 24 nitrogen and oxygen atoms in total. The Morgan fingerprint density at radius 2 is 1.74 bits per heavy atom. The van der Waals surface area contributed by atoms with E-state index < -0.39 is 101 Å². The molecule has 0 saturated carbocycles. The molecule has 7 N–H and O–H groups in total. The van der Waals surface area contributed by atoms with E-state index in [1.807, 2.05) is 0 Å². The number of nitrogens with zero attached hydrogens (tertiary/aromatic N) is 7. The van der Waals surface area contributed by atoms with E-state index in [0.717, 1.165) is 28.1 Å². The van der Waals surface area contributed by atoms with Gasteiger partial charge in [0.2, 0.25) is 5.95 Å². The number of imidazole rings is 2. The molecule has 10 atom stereocenters. The van der Waals surface area contributed by atoms with Crippen molar-refractivity contribution < 1.29 is 65.4 Å². The van der Waals surface area contributed by atoms with Gasteiger partial charge in [-0.05, 0) is 13.8 Å². The highest BCUT2D eigenvalue weighted by Gasteiger charge is 2.55. The highest BCUT2D eigenvalue weighted by Crippen LogP contribution is 2.64. The minimum atomic E-state index is -5.20. The summed E-state index contributed by atoms with van der Waals surface area (Å²) in [5.41, 5.74) is 10.7. The third kappa shape index (κ3) is 7.49. The maximum absolute atomic E-state index is 16.3. The van der Waals surface area contributed by atoms with Gasteiger partial charge in [0.25, 0.3) is 5.56 Å². The summed E-state index contributed by atoms with van der Waals surface area (Å²) < 4.78 is 90.2. The number of ether oxygens (including phenoxy) is 4. The van der Waals surface area contributed by atoms with Crippen LogP contribution in [-0.4, -0.2) is 117 Å². The first kappa shape index (κ1) is 37.5. The molecule has 0 radical (unpaired) electrons. The summed E-state index contributed by atoms with van der Waals surface area (Å²) in [4.78, 5) is 57.7. The van der Waals surface area contributed by atoms with E-state index >= 15 is 4.39 Å². The second kappa shape index (κ2) is 14.4. The lowest BCUT2D eigenvalue weighted by atomic mass is 10.1. The number of nitrogen functional groups attached to an aromatic ring is 2. The van der Waals surface area contributed by atoms with Crippen LogP contribution in [0.3, 0.4) is 0 Å². The molecule has 288 valence electrons. The summed E-state index contributed by atoms with van der Waals surface area (Å²) in [6.07, 6.45) is -12.1. The van der Waals surface area contributed by atoms with Crippen LogP contribution in [0.4, 0.5) is 21.0 Å². The Morgan fingerprint density at radius 1 is 1.04 bits per heavy atom. The normalized spacial score (nSPS) is 33.7. The Kier molecular flexibility index (Phi) is 10.2. The largest absolute Gasteiger partial charge is 0.509 e. The average molecular weight is 809 g/mol. The van der Waals surface area contributed by atoms with Gasteiger partial charge in [0.05, 0.1) is 32.0 Å². The number of nitrogens with two attached hydrogens (primary N) is 2. The quantitative estimate of drug-likeness (QED) is 0.103. The molecule has 0 amide bonds. The van der Waals surface area contributed by atoms with Crippen molar-refractivity contribution in [3.63, 3.8) is 0 Å². The third-order valence-electron chi connectivity index (χ3n) is 7.99. The van der Waals surface area contributed by atoms with Gasteiger partial charge in [0.1, 0.15) is 42.4 Å². The van der Waals surface area contributed by atoms with Crippen molar-refractivity contribution in [1.29, 1.82) is 0 Å². The molecule has 0 aliphatic carbocycles. The number of phosphoric ester groups is 1. The van der Waals surface area contributed by atoms with E-state index in [0.29, 0.717) is 11.4 Å². The molecule has 7 heterocycles. The van der Waals surface area contributed by atoms with E-state index in [4.69, 9.17) is 48.5 Å². The van der Waals surface area contributed by atoms with Crippen LogP contribution in [0, 0.1) is 0 Å². The zero-order chi connectivity index (χ0) is 37.8. The van der Waals surface area contributed by atoms with Crippen molar-refractivity contribution in [3.8, 4) is 0 Å². The van der Waals surface area contributed by atoms with Crippen LogP contribution in [-0.2, 0) is 46.2 Å². The number of aromatic amines is 1. The number of anilines is 2. The minimum absolute atomic E-state index is 0.0146. The van der Waals surface area contributed by atoms with Crippen LogP contribution in [0.1, 0.15) is 26.3 Å². The number of fused-ring (bicyclic) bond motifs is 5. The zero-order valence-electron chi connectivity index (χ0n) is 27.3. The number of aliphatic hydroxyl groups excluding tert-OH is 1. The van der Waals surface area contributed by atoms with E-state index in [-0.39, 0.29) is 34.1 Å². The maximum atomic E-state index is 16.3. The van der Waals surface area contributed by atoms with Gasteiger partial charge in [-0.1, -0.05) is 0 Å². The molecule has 4 aromatic heterocycles. The fourth-order valence-electron chi connectivity index (χ4n) is 5.69. The van der Waals surface area contributed by atoms with Crippen molar-refractivity contribution in [3.05, 3.63) is 29.3 Å². The summed E-state index contributed by atoms with van der Waals surface area (Å²) in [5.74, 6) is -0.996. The Hall–Kier alpha value is -3.81. The number of aliphatic hydroxyl groups is 1. The van der Waals surface area contributed by atoms with Gasteiger partial charge in [-0.15, -0.1) is 0 Å². The highest BCUT2D eigenvalue weighted by atomic mass is 32.7. The van der Waals surface area contributed by atoms with Crippen LogP contribution in [0.15, 0.2) is 23.8 Å². The van der Waals surface area contributed by atoms with Gasteiger partial charge >= 0.3 is 20.8 Å². The molecular weight excluding hydrogens is 777 g/mol. The van der Waals surface area contributed by atoms with Gasteiger partial charge < -0.3 is 40.4 Å². The number of halogens is 1. The molecule has 3 aliphatic rings. The second-order valence-corrected chi connectivity index (χ2v) is 17.3. The van der Waals surface area contributed by atoms with Gasteiger partial charge in [0, 0.05) is 11.4 Å². The molecule has 28 heteroatoms. The number of aromatic nitrogens is 8. The molecular formula is C25H31FN10O14P2S. The smallest absolute Gasteiger partial charge is 0.432 e. The zero-order valence-corrected chi connectivity index (χ0v) is 29.9. The Labute approximate surface area is 299 Å². The first-order chi connectivity index (χ1) is 25.1. The van der Waals surface area contributed by atoms with E-state index in [1.54, 1.807) is 13.8 Å². The van der Waals surface area contributed by atoms with Gasteiger partial charge in [-0.25, -0.2) is 38.3 Å². The number of hydrogen-bond donors (Lipinski definition) is 5. The molecule has 3 fully saturated rings. The van der Waals surface area contributed by atoms with E-state index in [1.165, 1.54) is 0 Å². The number of carbonyl (C=O) groups excluding carboxylic acids is 1. The summed E-state index contributed by atoms with van der Waals surface area (Å²) in [7, 11) is -5.20. The van der Waals surface area contributed by atoms with Crippen molar-refractivity contribution >= 4 is 66.3 Å². The standard InChI is InChI=1S/C25H31FN10O14P2S/c1-9(2)46-25(39)43-8-53-52(42)45-4-11-16(12(26)22(48-11)35-6-31-13-18(27)29-5-30-19(13)35)49-51(40,41)44-3-10-15(37)17(50-52)23(47-10)36-7-32-14-20(36)33-24(28)34-21(14)38/h5-7,9-12,15-17,22-23,37H,3-4,8H2,1-2H3,(H,40,41)(H2,27,29,30)(H3,28,33,34,38). The third-order valence-corrected chi connectivity index (χ3v) is 12.3. The number of phosphoric acid groups is 1. The summed E-state index contributed by atoms with van der Waals surface area (Å²) in [6.45, 7) is -3.25. The fourth-order valence-corrected chi connectivity index (χ4v) is 9.41. The topological polar surface area (TPSA) is 325 Å². The molecule has 10 unspecified atom stereocenters. The number of H-pyrrole nitrogens is 1. The molecule has 4 aromatic rings. The van der Waals surface area contributed by atoms with Crippen LogP contribution in [0.2, 0.25) is 0 Å². The number of hydrogen-bond acceptors (Lipinski definition) is 21. The number of rotatable bonds is 6. The summed E-state index contributed by atoms with van der Waals surface area (Å²) in [6, 6.07) is 0.